The molecular weight excluding hydrogens is 166 g/mol. The molecule has 0 spiro atoms. The highest BCUT2D eigenvalue weighted by Gasteiger charge is 2.15. The first kappa shape index (κ1) is 8.07. The number of furan rings is 1. The molecule has 0 aliphatic carbocycles. The Labute approximate surface area is 76.0 Å². The molecule has 4 nitrogen and oxygen atoms in total. The summed E-state index contributed by atoms with van der Waals surface area (Å²) in [6.45, 7) is 0. The first-order chi connectivity index (χ1) is 6.29. The van der Waals surface area contributed by atoms with E-state index in [-0.39, 0.29) is 6.04 Å². The summed E-state index contributed by atoms with van der Waals surface area (Å²) in [5.74, 6) is 1.53. The minimum absolute atomic E-state index is 0.282. The van der Waals surface area contributed by atoms with Gasteiger partial charge in [0.05, 0.1) is 6.26 Å². The predicted octanol–water partition coefficient (Wildman–Crippen LogP) is 1.06. The smallest absolute Gasteiger partial charge is 0.133 e. The number of imidazole rings is 1. The van der Waals surface area contributed by atoms with Gasteiger partial charge in [0.15, 0.2) is 0 Å². The largest absolute Gasteiger partial charge is 0.467 e. The van der Waals surface area contributed by atoms with Gasteiger partial charge in [-0.25, -0.2) is 4.98 Å². The van der Waals surface area contributed by atoms with Crippen molar-refractivity contribution < 1.29 is 4.42 Å². The number of nitrogens with two attached hydrogens (primary N) is 1. The monoisotopic (exact) mass is 177 g/mol. The van der Waals surface area contributed by atoms with E-state index in [1.165, 1.54) is 0 Å². The van der Waals surface area contributed by atoms with Crippen molar-refractivity contribution in [1.82, 2.24) is 9.55 Å². The molecule has 13 heavy (non-hydrogen) atoms. The summed E-state index contributed by atoms with van der Waals surface area (Å²) in [6.07, 6.45) is 5.19. The fourth-order valence-electron chi connectivity index (χ4n) is 1.27. The van der Waals surface area contributed by atoms with Gasteiger partial charge in [0.25, 0.3) is 0 Å². The highest BCUT2D eigenvalue weighted by Crippen LogP contribution is 2.17. The van der Waals surface area contributed by atoms with E-state index in [0.717, 1.165) is 11.6 Å². The Balaban J connectivity index is 2.33. The van der Waals surface area contributed by atoms with Crippen molar-refractivity contribution in [3.63, 3.8) is 0 Å². The minimum atomic E-state index is -0.282. The van der Waals surface area contributed by atoms with Crippen molar-refractivity contribution in [1.29, 1.82) is 0 Å². The molecule has 0 amide bonds. The van der Waals surface area contributed by atoms with Gasteiger partial charge in [-0.05, 0) is 12.1 Å². The van der Waals surface area contributed by atoms with Crippen molar-refractivity contribution >= 4 is 0 Å². The minimum Gasteiger partial charge on any atom is -0.467 e. The summed E-state index contributed by atoms with van der Waals surface area (Å²) >= 11 is 0. The first-order valence-corrected chi connectivity index (χ1v) is 4.05. The van der Waals surface area contributed by atoms with Crippen LogP contribution in [0.3, 0.4) is 0 Å². The summed E-state index contributed by atoms with van der Waals surface area (Å²) in [4.78, 5) is 4.15. The number of rotatable bonds is 2. The molecule has 0 saturated heterocycles. The zero-order valence-electron chi connectivity index (χ0n) is 7.34. The van der Waals surface area contributed by atoms with Crippen LogP contribution in [0.15, 0.2) is 35.2 Å². The molecule has 1 atom stereocenters. The molecule has 2 aromatic rings. The number of hydrogen-bond acceptors (Lipinski definition) is 3. The number of aromatic nitrogens is 2. The number of hydrogen-bond donors (Lipinski definition) is 1. The molecule has 68 valence electrons. The van der Waals surface area contributed by atoms with Crippen LogP contribution in [0.1, 0.15) is 17.6 Å². The van der Waals surface area contributed by atoms with Crippen molar-refractivity contribution in [3.8, 4) is 0 Å². The summed E-state index contributed by atoms with van der Waals surface area (Å²) in [5.41, 5.74) is 5.93. The standard InChI is InChI=1S/C9H11N3O/c1-12-5-4-11-9(12)8(10)7-3-2-6-13-7/h2-6,8H,10H2,1H3. The average Bonchev–Trinajstić information content (AvgIpc) is 2.72. The van der Waals surface area contributed by atoms with Gasteiger partial charge >= 0.3 is 0 Å². The molecule has 2 N–H and O–H groups in total. The molecule has 2 aromatic heterocycles. The normalized spacial score (nSPS) is 13.1. The highest BCUT2D eigenvalue weighted by atomic mass is 16.3. The molecule has 0 saturated carbocycles. The van der Waals surface area contributed by atoms with E-state index in [1.807, 2.05) is 29.9 Å². The number of aryl methyl sites for hydroxylation is 1. The predicted molar refractivity (Wildman–Crippen MR) is 47.9 cm³/mol. The zero-order chi connectivity index (χ0) is 9.26. The lowest BCUT2D eigenvalue weighted by Gasteiger charge is -2.07. The Morgan fingerprint density at radius 1 is 1.62 bits per heavy atom. The third kappa shape index (κ3) is 1.36. The highest BCUT2D eigenvalue weighted by molar-refractivity contribution is 5.14. The quantitative estimate of drug-likeness (QED) is 0.746. The summed E-state index contributed by atoms with van der Waals surface area (Å²) in [7, 11) is 1.91. The SMILES string of the molecule is Cn1ccnc1C(N)c1ccco1. The molecule has 0 fully saturated rings. The van der Waals surface area contributed by atoms with Gasteiger partial charge in [0.1, 0.15) is 17.6 Å². The second-order valence-corrected chi connectivity index (χ2v) is 2.89. The lowest BCUT2D eigenvalue weighted by molar-refractivity contribution is 0.478. The Morgan fingerprint density at radius 3 is 3.00 bits per heavy atom. The lowest BCUT2D eigenvalue weighted by atomic mass is 10.2. The van der Waals surface area contributed by atoms with Gasteiger partial charge in [-0.2, -0.15) is 0 Å². The third-order valence-corrected chi connectivity index (χ3v) is 1.99. The van der Waals surface area contributed by atoms with Crippen LogP contribution in [0.2, 0.25) is 0 Å². The molecule has 0 aliphatic heterocycles. The fraction of sp³-hybridized carbons (Fsp3) is 0.222. The van der Waals surface area contributed by atoms with Crippen molar-refractivity contribution in [2.75, 3.05) is 0 Å². The maximum absolute atomic E-state index is 5.93. The molecule has 2 rings (SSSR count). The molecule has 0 bridgehead atoms. The van der Waals surface area contributed by atoms with E-state index < -0.39 is 0 Å². The molecule has 0 aliphatic rings. The van der Waals surface area contributed by atoms with Crippen LogP contribution in [0.25, 0.3) is 0 Å². The molecule has 0 radical (unpaired) electrons. The van der Waals surface area contributed by atoms with Gasteiger partial charge in [-0.1, -0.05) is 0 Å². The number of nitrogens with zero attached hydrogens (tertiary/aromatic N) is 2. The third-order valence-electron chi connectivity index (χ3n) is 1.99. The molecule has 1 unspecified atom stereocenters. The van der Waals surface area contributed by atoms with Crippen LogP contribution in [-0.2, 0) is 7.05 Å². The van der Waals surface area contributed by atoms with E-state index in [2.05, 4.69) is 4.98 Å². The first-order valence-electron chi connectivity index (χ1n) is 4.05. The van der Waals surface area contributed by atoms with Crippen molar-refractivity contribution in [3.05, 3.63) is 42.4 Å². The average molecular weight is 177 g/mol. The molecule has 4 heteroatoms. The maximum Gasteiger partial charge on any atom is 0.133 e. The van der Waals surface area contributed by atoms with Crippen LogP contribution in [0.4, 0.5) is 0 Å². The van der Waals surface area contributed by atoms with Crippen LogP contribution in [0, 0.1) is 0 Å². The van der Waals surface area contributed by atoms with E-state index in [4.69, 9.17) is 10.2 Å². The summed E-state index contributed by atoms with van der Waals surface area (Å²) < 4.78 is 7.08. The van der Waals surface area contributed by atoms with Crippen LogP contribution < -0.4 is 5.73 Å². The van der Waals surface area contributed by atoms with Gasteiger partial charge in [0.2, 0.25) is 0 Å². The summed E-state index contributed by atoms with van der Waals surface area (Å²) in [6, 6.07) is 3.38. The van der Waals surface area contributed by atoms with Crippen LogP contribution >= 0.6 is 0 Å². The second-order valence-electron chi connectivity index (χ2n) is 2.89. The topological polar surface area (TPSA) is 57.0 Å². The van der Waals surface area contributed by atoms with Crippen molar-refractivity contribution in [2.24, 2.45) is 12.8 Å². The second kappa shape index (κ2) is 3.06. The zero-order valence-corrected chi connectivity index (χ0v) is 7.34. The van der Waals surface area contributed by atoms with E-state index in [0.29, 0.717) is 0 Å². The Morgan fingerprint density at radius 2 is 2.46 bits per heavy atom. The fourth-order valence-corrected chi connectivity index (χ4v) is 1.27. The Kier molecular flexibility index (Phi) is 1.90. The Bertz CT molecular complexity index is 377. The lowest BCUT2D eigenvalue weighted by Crippen LogP contribution is -2.15. The van der Waals surface area contributed by atoms with Crippen molar-refractivity contribution in [2.45, 2.75) is 6.04 Å². The molecule has 0 aromatic carbocycles. The molecule has 2 heterocycles. The van der Waals surface area contributed by atoms with Gasteiger partial charge < -0.3 is 14.7 Å². The van der Waals surface area contributed by atoms with Crippen LogP contribution in [-0.4, -0.2) is 9.55 Å². The summed E-state index contributed by atoms with van der Waals surface area (Å²) in [5, 5.41) is 0. The van der Waals surface area contributed by atoms with E-state index in [9.17, 15) is 0 Å². The van der Waals surface area contributed by atoms with Gasteiger partial charge in [-0.3, -0.25) is 0 Å². The molecular formula is C9H11N3O. The van der Waals surface area contributed by atoms with E-state index >= 15 is 0 Å². The van der Waals surface area contributed by atoms with Gasteiger partial charge in [0, 0.05) is 19.4 Å². The van der Waals surface area contributed by atoms with Gasteiger partial charge in [-0.15, -0.1) is 0 Å². The van der Waals surface area contributed by atoms with E-state index in [1.54, 1.807) is 12.5 Å². The Hall–Kier alpha value is -1.55. The maximum atomic E-state index is 5.93. The van der Waals surface area contributed by atoms with Crippen LogP contribution in [0.5, 0.6) is 0 Å².